The Morgan fingerprint density at radius 1 is 1.22 bits per heavy atom. The van der Waals surface area contributed by atoms with Gasteiger partial charge in [0.15, 0.2) is 0 Å². The molecular weight excluding hydrogens is 497 g/mol. The van der Waals surface area contributed by atoms with E-state index in [4.69, 9.17) is 17.3 Å². The number of aromatic nitrogens is 3. The lowest BCUT2D eigenvalue weighted by molar-refractivity contribution is 0.0185. The number of hydrogen-bond acceptors (Lipinski definition) is 5. The van der Waals surface area contributed by atoms with Crippen LogP contribution in [0.1, 0.15) is 79.9 Å². The zero-order valence-electron chi connectivity index (χ0n) is 20.9. The van der Waals surface area contributed by atoms with Crippen LogP contribution in [0.25, 0.3) is 11.0 Å². The molecule has 3 N–H and O–H groups in total. The molecular formula is C27H35Cl2N5O2. The SMILES string of the molecule is CC(C)n1nnc2c(CN(C3CC3)C3(c4cccc(Cl)c4)CCC(CN)CC3)c(C(=O)O)ccc21.Cl. The summed E-state index contributed by atoms with van der Waals surface area (Å²) in [4.78, 5) is 14.9. The van der Waals surface area contributed by atoms with Crippen molar-refractivity contribution in [3.05, 3.63) is 58.1 Å². The van der Waals surface area contributed by atoms with Crippen molar-refractivity contribution in [2.24, 2.45) is 11.7 Å². The van der Waals surface area contributed by atoms with Gasteiger partial charge < -0.3 is 10.8 Å². The van der Waals surface area contributed by atoms with Crippen molar-refractivity contribution < 1.29 is 9.90 Å². The van der Waals surface area contributed by atoms with Gasteiger partial charge in [-0.15, -0.1) is 17.5 Å². The van der Waals surface area contributed by atoms with Gasteiger partial charge in [-0.2, -0.15) is 0 Å². The molecule has 0 unspecified atom stereocenters. The summed E-state index contributed by atoms with van der Waals surface area (Å²) >= 11 is 6.48. The third kappa shape index (κ3) is 4.86. The third-order valence-electron chi connectivity index (χ3n) is 7.96. The minimum Gasteiger partial charge on any atom is -0.478 e. The average molecular weight is 533 g/mol. The summed E-state index contributed by atoms with van der Waals surface area (Å²) in [6, 6.07) is 12.3. The molecule has 2 aromatic carbocycles. The minimum atomic E-state index is -0.930. The van der Waals surface area contributed by atoms with Crippen LogP contribution in [-0.2, 0) is 12.1 Å². The minimum absolute atomic E-state index is 0. The highest BCUT2D eigenvalue weighted by atomic mass is 35.5. The summed E-state index contributed by atoms with van der Waals surface area (Å²) in [6.07, 6.45) is 6.27. The molecule has 9 heteroatoms. The lowest BCUT2D eigenvalue weighted by Crippen LogP contribution is -2.50. The van der Waals surface area contributed by atoms with Crippen LogP contribution in [0.4, 0.5) is 0 Å². The molecule has 2 fully saturated rings. The Hall–Kier alpha value is -2.19. The summed E-state index contributed by atoms with van der Waals surface area (Å²) in [6.45, 7) is 5.33. The van der Waals surface area contributed by atoms with Crippen molar-refractivity contribution >= 4 is 41.0 Å². The first-order chi connectivity index (χ1) is 16.8. The Balaban J connectivity index is 0.00000304. The van der Waals surface area contributed by atoms with Crippen LogP contribution in [0.5, 0.6) is 0 Å². The number of halogens is 2. The normalized spacial score (nSPS) is 22.2. The number of fused-ring (bicyclic) bond motifs is 1. The highest BCUT2D eigenvalue weighted by Crippen LogP contribution is 2.50. The van der Waals surface area contributed by atoms with E-state index in [0.717, 1.165) is 54.6 Å². The molecule has 0 aliphatic heterocycles. The quantitative estimate of drug-likeness (QED) is 0.381. The highest BCUT2D eigenvalue weighted by Gasteiger charge is 2.47. The van der Waals surface area contributed by atoms with Gasteiger partial charge in [-0.1, -0.05) is 28.9 Å². The fraction of sp³-hybridized carbons (Fsp3) is 0.519. The van der Waals surface area contributed by atoms with E-state index in [1.807, 2.05) is 22.9 Å². The van der Waals surface area contributed by atoms with Crippen molar-refractivity contribution in [2.45, 2.75) is 76.5 Å². The van der Waals surface area contributed by atoms with Crippen LogP contribution in [0, 0.1) is 5.92 Å². The molecule has 2 aliphatic rings. The Morgan fingerprint density at radius 3 is 2.53 bits per heavy atom. The number of benzene rings is 2. The Bertz CT molecular complexity index is 1230. The number of nitrogens with zero attached hydrogens (tertiary/aromatic N) is 4. The van der Waals surface area contributed by atoms with Crippen molar-refractivity contribution in [3.63, 3.8) is 0 Å². The number of rotatable bonds is 8. The molecule has 7 nitrogen and oxygen atoms in total. The molecule has 0 amide bonds. The maximum Gasteiger partial charge on any atom is 0.336 e. The van der Waals surface area contributed by atoms with Gasteiger partial charge in [-0.05, 0) is 94.7 Å². The topological polar surface area (TPSA) is 97.3 Å². The molecule has 194 valence electrons. The molecule has 36 heavy (non-hydrogen) atoms. The number of carbonyl (C=O) groups is 1. The predicted molar refractivity (Wildman–Crippen MR) is 145 cm³/mol. The van der Waals surface area contributed by atoms with Crippen LogP contribution in [-0.4, -0.2) is 43.6 Å². The van der Waals surface area contributed by atoms with Gasteiger partial charge in [0.25, 0.3) is 0 Å². The zero-order valence-corrected chi connectivity index (χ0v) is 22.4. The Labute approximate surface area is 223 Å². The molecule has 3 aromatic rings. The van der Waals surface area contributed by atoms with Gasteiger partial charge in [0.1, 0.15) is 5.52 Å². The summed E-state index contributed by atoms with van der Waals surface area (Å²) in [5, 5.41) is 19.7. The second-order valence-corrected chi connectivity index (χ2v) is 10.9. The molecule has 1 aromatic heterocycles. The van der Waals surface area contributed by atoms with Gasteiger partial charge >= 0.3 is 5.97 Å². The Morgan fingerprint density at radius 2 is 1.94 bits per heavy atom. The van der Waals surface area contributed by atoms with Crippen LogP contribution in [0.2, 0.25) is 5.02 Å². The lowest BCUT2D eigenvalue weighted by atomic mass is 9.71. The maximum absolute atomic E-state index is 12.3. The van der Waals surface area contributed by atoms with Gasteiger partial charge in [0, 0.05) is 34.8 Å². The summed E-state index contributed by atoms with van der Waals surface area (Å²) < 4.78 is 1.87. The first-order valence-corrected chi connectivity index (χ1v) is 13.0. The van der Waals surface area contributed by atoms with E-state index in [1.165, 1.54) is 5.56 Å². The van der Waals surface area contributed by atoms with Gasteiger partial charge in [0.2, 0.25) is 0 Å². The zero-order chi connectivity index (χ0) is 24.7. The Kier molecular flexibility index (Phi) is 7.95. The van der Waals surface area contributed by atoms with Crippen molar-refractivity contribution in [3.8, 4) is 0 Å². The first kappa shape index (κ1) is 26.9. The second-order valence-electron chi connectivity index (χ2n) is 10.5. The second kappa shape index (κ2) is 10.7. The third-order valence-corrected chi connectivity index (χ3v) is 8.20. The molecule has 2 saturated carbocycles. The monoisotopic (exact) mass is 531 g/mol. The molecule has 0 radical (unpaired) electrons. The van der Waals surface area contributed by atoms with Crippen molar-refractivity contribution in [1.29, 1.82) is 0 Å². The number of carboxylic acids is 1. The average Bonchev–Trinajstić information content (AvgIpc) is 3.59. The fourth-order valence-corrected chi connectivity index (χ4v) is 6.09. The van der Waals surface area contributed by atoms with Crippen LogP contribution in [0.15, 0.2) is 36.4 Å². The summed E-state index contributed by atoms with van der Waals surface area (Å²) in [7, 11) is 0. The van der Waals surface area contributed by atoms with Gasteiger partial charge in [0.05, 0.1) is 11.1 Å². The molecule has 0 atom stereocenters. The van der Waals surface area contributed by atoms with E-state index < -0.39 is 5.97 Å². The van der Waals surface area contributed by atoms with Crippen molar-refractivity contribution in [2.75, 3.05) is 6.54 Å². The molecule has 0 spiro atoms. The first-order valence-electron chi connectivity index (χ1n) is 12.7. The lowest BCUT2D eigenvalue weighted by Gasteiger charge is -2.49. The van der Waals surface area contributed by atoms with E-state index in [9.17, 15) is 9.90 Å². The smallest absolute Gasteiger partial charge is 0.336 e. The van der Waals surface area contributed by atoms with Crippen LogP contribution < -0.4 is 5.73 Å². The van der Waals surface area contributed by atoms with E-state index >= 15 is 0 Å². The molecule has 0 bridgehead atoms. The van der Waals surface area contributed by atoms with E-state index in [2.05, 4.69) is 41.2 Å². The largest absolute Gasteiger partial charge is 0.478 e. The molecule has 2 aliphatic carbocycles. The van der Waals surface area contributed by atoms with Gasteiger partial charge in [-0.25, -0.2) is 9.48 Å². The number of aromatic carboxylic acids is 1. The number of carboxylic acid groups (broad SMARTS) is 1. The highest BCUT2D eigenvalue weighted by molar-refractivity contribution is 6.30. The predicted octanol–water partition coefficient (Wildman–Crippen LogP) is 5.79. The van der Waals surface area contributed by atoms with Crippen LogP contribution >= 0.6 is 24.0 Å². The van der Waals surface area contributed by atoms with Gasteiger partial charge in [-0.3, -0.25) is 4.90 Å². The summed E-state index contributed by atoms with van der Waals surface area (Å²) in [5.41, 5.74) is 9.65. The summed E-state index contributed by atoms with van der Waals surface area (Å²) in [5.74, 6) is -0.410. The molecule has 1 heterocycles. The van der Waals surface area contributed by atoms with Crippen molar-refractivity contribution in [1.82, 2.24) is 19.9 Å². The number of nitrogens with two attached hydrogens (primary N) is 1. The molecule has 5 rings (SSSR count). The van der Waals surface area contributed by atoms with E-state index in [0.29, 0.717) is 36.1 Å². The van der Waals surface area contributed by atoms with E-state index in [1.54, 1.807) is 6.07 Å². The standard InChI is InChI=1S/C27H34ClN5O2.ClH/c1-17(2)33-24-9-8-22(26(34)35)23(25(24)30-31-33)16-32(21-6-7-21)27(12-10-18(15-29)11-13-27)19-4-3-5-20(28)14-19;/h3-5,8-9,14,17-18,21H,6-7,10-13,15-16,29H2,1-2H3,(H,34,35);1H. The van der Waals surface area contributed by atoms with Crippen LogP contribution in [0.3, 0.4) is 0 Å². The molecule has 0 saturated heterocycles. The van der Waals surface area contributed by atoms with E-state index in [-0.39, 0.29) is 24.0 Å². The fourth-order valence-electron chi connectivity index (χ4n) is 5.90. The number of hydrogen-bond donors (Lipinski definition) is 2. The maximum atomic E-state index is 12.3.